The molecule has 1 N–H and O–H groups in total. The van der Waals surface area contributed by atoms with Crippen LogP contribution >= 0.6 is 11.8 Å². The number of hydrogen-bond acceptors (Lipinski definition) is 4. The first-order valence-electron chi connectivity index (χ1n) is 11.6. The number of carbonyl (C=O) groups is 1. The molecule has 0 saturated heterocycles. The van der Waals surface area contributed by atoms with Gasteiger partial charge in [-0.3, -0.25) is 4.79 Å². The maximum Gasteiger partial charge on any atom is 0.234 e. The van der Waals surface area contributed by atoms with Gasteiger partial charge >= 0.3 is 0 Å². The number of hydrogen-bond donors (Lipinski definition) is 1. The smallest absolute Gasteiger partial charge is 0.234 e. The summed E-state index contributed by atoms with van der Waals surface area (Å²) in [5.74, 6) is -0.0136. The molecule has 36 heavy (non-hydrogen) atoms. The Morgan fingerprint density at radius 3 is 2.39 bits per heavy atom. The average molecular weight is 486 g/mol. The number of benzene rings is 4. The van der Waals surface area contributed by atoms with Crippen molar-refractivity contribution in [3.05, 3.63) is 114 Å². The summed E-state index contributed by atoms with van der Waals surface area (Å²) in [6.45, 7) is 2.03. The van der Waals surface area contributed by atoms with Crippen LogP contribution in [-0.2, 0) is 4.79 Å². The molecule has 1 amide bonds. The van der Waals surface area contributed by atoms with Crippen molar-refractivity contribution < 1.29 is 4.79 Å². The topological polar surface area (TPSA) is 65.8 Å². The van der Waals surface area contributed by atoms with Gasteiger partial charge in [-0.15, -0.1) is 0 Å². The van der Waals surface area contributed by atoms with Crippen molar-refractivity contribution in [2.24, 2.45) is 0 Å². The third kappa shape index (κ3) is 5.00. The van der Waals surface area contributed by atoms with Crippen LogP contribution in [-0.4, -0.2) is 16.6 Å². The number of anilines is 1. The lowest BCUT2D eigenvalue weighted by Crippen LogP contribution is -2.14. The van der Waals surface area contributed by atoms with Gasteiger partial charge in [-0.25, -0.2) is 4.98 Å². The number of amides is 1. The predicted molar refractivity (Wildman–Crippen MR) is 148 cm³/mol. The molecular weight excluding hydrogens is 462 g/mol. The average Bonchev–Trinajstić information content (AvgIpc) is 2.92. The molecule has 0 saturated carbocycles. The number of nitriles is 1. The lowest BCUT2D eigenvalue weighted by atomic mass is 9.98. The Balaban J connectivity index is 1.47. The Labute approximate surface area is 214 Å². The Morgan fingerprint density at radius 2 is 1.61 bits per heavy atom. The number of nitrogens with one attached hydrogen (secondary N) is 1. The molecule has 5 heteroatoms. The van der Waals surface area contributed by atoms with E-state index >= 15 is 0 Å². The van der Waals surface area contributed by atoms with Gasteiger partial charge in [0.05, 0.1) is 17.0 Å². The van der Waals surface area contributed by atoms with E-state index in [2.05, 4.69) is 11.4 Å². The lowest BCUT2D eigenvalue weighted by molar-refractivity contribution is -0.113. The van der Waals surface area contributed by atoms with Crippen molar-refractivity contribution in [1.82, 2.24) is 4.98 Å². The molecule has 1 heterocycles. The van der Waals surface area contributed by atoms with Crippen LogP contribution in [0.3, 0.4) is 0 Å². The van der Waals surface area contributed by atoms with E-state index in [0.717, 1.165) is 44.4 Å². The number of carbonyl (C=O) groups excluding carboxylic acids is 1. The van der Waals surface area contributed by atoms with E-state index in [-0.39, 0.29) is 11.7 Å². The van der Waals surface area contributed by atoms with E-state index in [4.69, 9.17) is 4.98 Å². The van der Waals surface area contributed by atoms with Crippen molar-refractivity contribution in [1.29, 1.82) is 5.26 Å². The molecule has 0 aliphatic rings. The largest absolute Gasteiger partial charge is 0.325 e. The maximum atomic E-state index is 12.9. The van der Waals surface area contributed by atoms with Crippen molar-refractivity contribution in [3.63, 3.8) is 0 Å². The minimum Gasteiger partial charge on any atom is -0.325 e. The normalized spacial score (nSPS) is 10.7. The van der Waals surface area contributed by atoms with Crippen molar-refractivity contribution in [2.75, 3.05) is 11.1 Å². The number of aromatic nitrogens is 1. The number of pyridine rings is 1. The first-order valence-corrected chi connectivity index (χ1v) is 12.6. The van der Waals surface area contributed by atoms with Gasteiger partial charge in [0.1, 0.15) is 11.1 Å². The van der Waals surface area contributed by atoms with Gasteiger partial charge in [0.2, 0.25) is 5.91 Å². The van der Waals surface area contributed by atoms with Crippen LogP contribution in [0.1, 0.15) is 11.1 Å². The predicted octanol–water partition coefficient (Wildman–Crippen LogP) is 7.48. The molecule has 5 rings (SSSR count). The highest BCUT2D eigenvalue weighted by Crippen LogP contribution is 2.34. The summed E-state index contributed by atoms with van der Waals surface area (Å²) in [7, 11) is 0. The molecule has 174 valence electrons. The summed E-state index contributed by atoms with van der Waals surface area (Å²) in [4.78, 5) is 17.7. The number of nitrogens with zero attached hydrogens (tertiary/aromatic N) is 2. The van der Waals surface area contributed by atoms with Gasteiger partial charge in [0.15, 0.2) is 0 Å². The summed E-state index contributed by atoms with van der Waals surface area (Å²) in [5.41, 5.74) is 5.86. The standard InChI is InChI=1S/C31H23N3OS/c1-21-14-16-23(17-15-21)26-18-29(24-9-3-2-4-10-24)34-31(27(26)19-32)36-20-30(35)33-28-13-7-11-22-8-5-6-12-25(22)28/h2-18H,20H2,1H3,(H,33,35). The molecule has 0 unspecified atom stereocenters. The first-order chi connectivity index (χ1) is 17.6. The molecule has 0 spiro atoms. The minimum atomic E-state index is -0.149. The molecule has 0 aliphatic heterocycles. The molecule has 0 radical (unpaired) electrons. The Morgan fingerprint density at radius 1 is 0.889 bits per heavy atom. The van der Waals surface area contributed by atoms with E-state index in [1.165, 1.54) is 11.8 Å². The van der Waals surface area contributed by atoms with E-state index < -0.39 is 0 Å². The maximum absolute atomic E-state index is 12.9. The molecule has 0 fully saturated rings. The van der Waals surface area contributed by atoms with Crippen LogP contribution in [0, 0.1) is 18.3 Å². The van der Waals surface area contributed by atoms with Crippen LogP contribution < -0.4 is 5.32 Å². The van der Waals surface area contributed by atoms with Gasteiger partial charge in [0.25, 0.3) is 0 Å². The van der Waals surface area contributed by atoms with E-state index in [1.807, 2.05) is 110 Å². The van der Waals surface area contributed by atoms with Crippen molar-refractivity contribution in [3.8, 4) is 28.5 Å². The van der Waals surface area contributed by atoms with Crippen molar-refractivity contribution >= 4 is 34.1 Å². The summed E-state index contributed by atoms with van der Waals surface area (Å²) in [6, 6.07) is 36.1. The second-order valence-electron chi connectivity index (χ2n) is 8.44. The zero-order chi connectivity index (χ0) is 24.9. The fraction of sp³-hybridized carbons (Fsp3) is 0.0645. The van der Waals surface area contributed by atoms with Crippen molar-refractivity contribution in [2.45, 2.75) is 11.9 Å². The molecule has 4 nitrogen and oxygen atoms in total. The van der Waals surface area contributed by atoms with Crippen LogP contribution in [0.5, 0.6) is 0 Å². The number of aryl methyl sites for hydroxylation is 1. The quantitative estimate of drug-likeness (QED) is 0.253. The Hall–Kier alpha value is -4.40. The molecule has 0 bridgehead atoms. The highest BCUT2D eigenvalue weighted by Gasteiger charge is 2.17. The SMILES string of the molecule is Cc1ccc(-c2cc(-c3ccccc3)nc(SCC(=O)Nc3cccc4ccccc34)c2C#N)cc1. The van der Waals surface area contributed by atoms with Crippen LogP contribution in [0.2, 0.25) is 0 Å². The third-order valence-corrected chi connectivity index (χ3v) is 6.91. The summed E-state index contributed by atoms with van der Waals surface area (Å²) >= 11 is 1.28. The van der Waals surface area contributed by atoms with Crippen LogP contribution in [0.25, 0.3) is 33.2 Å². The monoisotopic (exact) mass is 485 g/mol. The summed E-state index contributed by atoms with van der Waals surface area (Å²) < 4.78 is 0. The molecule has 0 aliphatic carbocycles. The van der Waals surface area contributed by atoms with Crippen LogP contribution in [0.15, 0.2) is 108 Å². The van der Waals surface area contributed by atoms with Gasteiger partial charge < -0.3 is 5.32 Å². The fourth-order valence-corrected chi connectivity index (χ4v) is 4.91. The minimum absolute atomic E-state index is 0.135. The summed E-state index contributed by atoms with van der Waals surface area (Å²) in [5, 5.41) is 15.7. The number of rotatable bonds is 6. The second kappa shape index (κ2) is 10.5. The fourth-order valence-electron chi connectivity index (χ4n) is 4.11. The second-order valence-corrected chi connectivity index (χ2v) is 9.41. The molecule has 5 aromatic rings. The van der Waals surface area contributed by atoms with Crippen LogP contribution in [0.4, 0.5) is 5.69 Å². The molecule has 1 aromatic heterocycles. The third-order valence-electron chi connectivity index (χ3n) is 5.93. The van der Waals surface area contributed by atoms with Gasteiger partial charge in [-0.05, 0) is 30.0 Å². The highest BCUT2D eigenvalue weighted by atomic mass is 32.2. The lowest BCUT2D eigenvalue weighted by Gasteiger charge is -2.13. The zero-order valence-electron chi connectivity index (χ0n) is 19.7. The first kappa shape index (κ1) is 23.3. The van der Waals surface area contributed by atoms with E-state index in [0.29, 0.717) is 10.6 Å². The zero-order valence-corrected chi connectivity index (χ0v) is 20.5. The number of thioether (sulfide) groups is 1. The van der Waals surface area contributed by atoms with E-state index in [1.54, 1.807) is 0 Å². The molecule has 4 aromatic carbocycles. The molecule has 0 atom stereocenters. The highest BCUT2D eigenvalue weighted by molar-refractivity contribution is 8.00. The molecular formula is C31H23N3OS. The van der Waals surface area contributed by atoms with Gasteiger partial charge in [-0.2, -0.15) is 5.26 Å². The Bertz CT molecular complexity index is 1580. The summed E-state index contributed by atoms with van der Waals surface area (Å²) in [6.07, 6.45) is 0. The van der Waals surface area contributed by atoms with Gasteiger partial charge in [-0.1, -0.05) is 108 Å². The van der Waals surface area contributed by atoms with Gasteiger partial charge in [0, 0.05) is 22.2 Å². The number of fused-ring (bicyclic) bond motifs is 1. The Kier molecular flexibility index (Phi) is 6.79. The van der Waals surface area contributed by atoms with E-state index in [9.17, 15) is 10.1 Å².